The lowest BCUT2D eigenvalue weighted by atomic mass is 10.1. The van der Waals surface area contributed by atoms with Gasteiger partial charge in [-0.1, -0.05) is 30.3 Å². The zero-order valence-electron chi connectivity index (χ0n) is 11.4. The van der Waals surface area contributed by atoms with Crippen molar-refractivity contribution in [2.24, 2.45) is 0 Å². The largest absolute Gasteiger partial charge is 0.369 e. The number of rotatable bonds is 4. The Labute approximate surface area is 119 Å². The summed E-state index contributed by atoms with van der Waals surface area (Å²) in [5.74, 6) is 0.740. The number of anilines is 1. The molecule has 0 aliphatic heterocycles. The van der Waals surface area contributed by atoms with Crippen molar-refractivity contribution in [2.45, 2.75) is 25.7 Å². The second kappa shape index (κ2) is 5.75. The first-order valence-corrected chi connectivity index (χ1v) is 7.07. The lowest BCUT2D eigenvalue weighted by Crippen LogP contribution is -2.09. The Morgan fingerprint density at radius 2 is 2.05 bits per heavy atom. The van der Waals surface area contributed by atoms with Crippen molar-refractivity contribution in [3.63, 3.8) is 0 Å². The van der Waals surface area contributed by atoms with Crippen molar-refractivity contribution >= 4 is 5.82 Å². The van der Waals surface area contributed by atoms with Crippen LogP contribution in [-0.4, -0.2) is 11.5 Å². The molecule has 1 N–H and O–H groups in total. The van der Waals surface area contributed by atoms with E-state index in [1.165, 1.54) is 11.1 Å². The second-order valence-corrected chi connectivity index (χ2v) is 5.12. The minimum atomic E-state index is 0.665. The number of pyridine rings is 1. The molecule has 3 rings (SSSR count). The standard InChI is InChI=1S/C17H17N3/c18-12-15-11-14-7-4-8-16(14)20-17(15)19-10-9-13-5-2-1-3-6-13/h1-3,5-6,11H,4,7-10H2,(H,19,20). The third-order valence-corrected chi connectivity index (χ3v) is 3.72. The van der Waals surface area contributed by atoms with Crippen molar-refractivity contribution in [1.82, 2.24) is 4.98 Å². The summed E-state index contributed by atoms with van der Waals surface area (Å²) in [6, 6.07) is 14.6. The predicted octanol–water partition coefficient (Wildman–Crippen LogP) is 3.10. The van der Waals surface area contributed by atoms with Crippen LogP contribution in [0.5, 0.6) is 0 Å². The van der Waals surface area contributed by atoms with Gasteiger partial charge in [0.2, 0.25) is 0 Å². The summed E-state index contributed by atoms with van der Waals surface area (Å²) in [6.45, 7) is 0.796. The molecule has 2 aromatic rings. The van der Waals surface area contributed by atoms with Crippen molar-refractivity contribution in [3.8, 4) is 6.07 Å². The van der Waals surface area contributed by atoms with Crippen LogP contribution in [0.1, 0.15) is 28.8 Å². The molecule has 0 amide bonds. The van der Waals surface area contributed by atoms with E-state index in [-0.39, 0.29) is 0 Å². The van der Waals surface area contributed by atoms with Crippen molar-refractivity contribution in [2.75, 3.05) is 11.9 Å². The van der Waals surface area contributed by atoms with E-state index in [0.29, 0.717) is 5.56 Å². The maximum atomic E-state index is 9.24. The smallest absolute Gasteiger partial charge is 0.144 e. The monoisotopic (exact) mass is 263 g/mol. The van der Waals surface area contributed by atoms with Gasteiger partial charge in [0.05, 0.1) is 5.56 Å². The molecule has 0 saturated heterocycles. The maximum absolute atomic E-state index is 9.24. The number of hydrogen-bond donors (Lipinski definition) is 1. The zero-order chi connectivity index (χ0) is 13.8. The van der Waals surface area contributed by atoms with Gasteiger partial charge in [0.15, 0.2) is 0 Å². The third kappa shape index (κ3) is 2.65. The van der Waals surface area contributed by atoms with E-state index < -0.39 is 0 Å². The molecule has 0 saturated carbocycles. The fourth-order valence-corrected chi connectivity index (χ4v) is 2.66. The molecule has 1 heterocycles. The summed E-state index contributed by atoms with van der Waals surface area (Å²) in [7, 11) is 0. The van der Waals surface area contributed by atoms with Crippen LogP contribution in [0.3, 0.4) is 0 Å². The summed E-state index contributed by atoms with van der Waals surface area (Å²) in [5, 5.41) is 12.5. The third-order valence-electron chi connectivity index (χ3n) is 3.72. The van der Waals surface area contributed by atoms with Gasteiger partial charge in [-0.15, -0.1) is 0 Å². The molecule has 1 aliphatic carbocycles. The molecule has 0 unspecified atom stereocenters. The number of hydrogen-bond acceptors (Lipinski definition) is 3. The van der Waals surface area contributed by atoms with Gasteiger partial charge in [-0.2, -0.15) is 5.26 Å². The summed E-state index contributed by atoms with van der Waals surface area (Å²) < 4.78 is 0. The van der Waals surface area contributed by atoms with E-state index >= 15 is 0 Å². The fraction of sp³-hybridized carbons (Fsp3) is 0.294. The van der Waals surface area contributed by atoms with Crippen LogP contribution in [0.25, 0.3) is 0 Å². The van der Waals surface area contributed by atoms with Crippen LogP contribution in [0, 0.1) is 11.3 Å². The number of nitriles is 1. The van der Waals surface area contributed by atoms with Gasteiger partial charge in [0.25, 0.3) is 0 Å². The van der Waals surface area contributed by atoms with Gasteiger partial charge in [-0.25, -0.2) is 4.98 Å². The van der Waals surface area contributed by atoms with E-state index in [1.807, 2.05) is 24.3 Å². The first kappa shape index (κ1) is 12.7. The Morgan fingerprint density at radius 1 is 1.20 bits per heavy atom. The number of fused-ring (bicyclic) bond motifs is 1. The predicted molar refractivity (Wildman–Crippen MR) is 79.6 cm³/mol. The average molecular weight is 263 g/mol. The molecular formula is C17H17N3. The minimum Gasteiger partial charge on any atom is -0.369 e. The highest BCUT2D eigenvalue weighted by molar-refractivity contribution is 5.55. The molecule has 1 aromatic heterocycles. The molecule has 3 heteroatoms. The number of nitrogens with one attached hydrogen (secondary N) is 1. The Bertz CT molecular complexity index is 641. The van der Waals surface area contributed by atoms with Gasteiger partial charge < -0.3 is 5.32 Å². The summed E-state index contributed by atoms with van der Waals surface area (Å²) in [6.07, 6.45) is 4.18. The summed E-state index contributed by atoms with van der Waals surface area (Å²) in [4.78, 5) is 4.62. The number of benzene rings is 1. The van der Waals surface area contributed by atoms with Gasteiger partial charge in [-0.3, -0.25) is 0 Å². The first-order valence-electron chi connectivity index (χ1n) is 7.07. The summed E-state index contributed by atoms with van der Waals surface area (Å²) in [5.41, 5.74) is 4.36. The second-order valence-electron chi connectivity index (χ2n) is 5.12. The molecular weight excluding hydrogens is 246 g/mol. The van der Waals surface area contributed by atoms with E-state index in [4.69, 9.17) is 0 Å². The zero-order valence-corrected chi connectivity index (χ0v) is 11.4. The first-order chi connectivity index (χ1) is 9.86. The highest BCUT2D eigenvalue weighted by Crippen LogP contribution is 2.24. The molecule has 20 heavy (non-hydrogen) atoms. The van der Waals surface area contributed by atoms with Crippen LogP contribution in [0.2, 0.25) is 0 Å². The van der Waals surface area contributed by atoms with Crippen molar-refractivity contribution in [3.05, 3.63) is 58.8 Å². The van der Waals surface area contributed by atoms with E-state index in [0.717, 1.165) is 43.7 Å². The van der Waals surface area contributed by atoms with E-state index in [2.05, 4.69) is 28.5 Å². The maximum Gasteiger partial charge on any atom is 0.144 e. The van der Waals surface area contributed by atoms with Crippen LogP contribution in [0.15, 0.2) is 36.4 Å². The SMILES string of the molecule is N#Cc1cc2c(nc1NCCc1ccccc1)CCC2. The number of nitrogens with zero attached hydrogens (tertiary/aromatic N) is 2. The van der Waals surface area contributed by atoms with E-state index in [1.54, 1.807) is 0 Å². The van der Waals surface area contributed by atoms with Crippen LogP contribution in [-0.2, 0) is 19.3 Å². The molecule has 0 spiro atoms. The minimum absolute atomic E-state index is 0.665. The average Bonchev–Trinajstić information content (AvgIpc) is 2.94. The molecule has 100 valence electrons. The molecule has 0 fully saturated rings. The van der Waals surface area contributed by atoms with Gasteiger partial charge >= 0.3 is 0 Å². The van der Waals surface area contributed by atoms with Crippen LogP contribution < -0.4 is 5.32 Å². The Morgan fingerprint density at radius 3 is 2.85 bits per heavy atom. The molecule has 1 aromatic carbocycles. The van der Waals surface area contributed by atoms with Gasteiger partial charge in [0.1, 0.15) is 11.9 Å². The van der Waals surface area contributed by atoms with Crippen LogP contribution in [0.4, 0.5) is 5.82 Å². The highest BCUT2D eigenvalue weighted by Gasteiger charge is 2.16. The van der Waals surface area contributed by atoms with Crippen molar-refractivity contribution in [1.29, 1.82) is 5.26 Å². The Kier molecular flexibility index (Phi) is 3.64. The Balaban J connectivity index is 1.70. The Hall–Kier alpha value is -2.34. The molecule has 3 nitrogen and oxygen atoms in total. The molecule has 0 atom stereocenters. The quantitative estimate of drug-likeness (QED) is 0.922. The van der Waals surface area contributed by atoms with Gasteiger partial charge in [-0.05, 0) is 42.9 Å². The fourth-order valence-electron chi connectivity index (χ4n) is 2.66. The number of aryl methyl sites for hydroxylation is 2. The van der Waals surface area contributed by atoms with Crippen molar-refractivity contribution < 1.29 is 0 Å². The lowest BCUT2D eigenvalue weighted by molar-refractivity contribution is 0.898. The highest BCUT2D eigenvalue weighted by atomic mass is 15.0. The van der Waals surface area contributed by atoms with E-state index in [9.17, 15) is 5.26 Å². The van der Waals surface area contributed by atoms with Crippen LogP contribution >= 0.6 is 0 Å². The topological polar surface area (TPSA) is 48.7 Å². The summed E-state index contributed by atoms with van der Waals surface area (Å²) >= 11 is 0. The van der Waals surface area contributed by atoms with Gasteiger partial charge in [0, 0.05) is 12.2 Å². The molecule has 1 aliphatic rings. The molecule has 0 bridgehead atoms. The molecule has 0 radical (unpaired) electrons. The lowest BCUT2D eigenvalue weighted by Gasteiger charge is -2.09. The normalized spacial score (nSPS) is 12.8. The number of aromatic nitrogens is 1.